The lowest BCUT2D eigenvalue weighted by molar-refractivity contribution is 0.121. The fourth-order valence-electron chi connectivity index (χ4n) is 3.05. The molecule has 2 aromatic carbocycles. The number of hydrogen-bond donors (Lipinski definition) is 2. The van der Waals surface area contributed by atoms with Crippen molar-refractivity contribution in [2.45, 2.75) is 45.7 Å². The number of hydrogen-bond acceptors (Lipinski definition) is 4. The van der Waals surface area contributed by atoms with Crippen molar-refractivity contribution >= 4 is 39.8 Å². The van der Waals surface area contributed by atoms with E-state index in [1.54, 1.807) is 0 Å². The van der Waals surface area contributed by atoms with E-state index in [-0.39, 0.29) is 36.3 Å². The van der Waals surface area contributed by atoms with Gasteiger partial charge in [0, 0.05) is 26.0 Å². The molecule has 0 bridgehead atoms. The number of benzene rings is 2. The highest BCUT2D eigenvalue weighted by atomic mass is 127. The molecule has 0 heterocycles. The van der Waals surface area contributed by atoms with Crippen LogP contribution in [-0.4, -0.2) is 33.8 Å². The Morgan fingerprint density at radius 1 is 1.03 bits per heavy atom. The summed E-state index contributed by atoms with van der Waals surface area (Å²) in [6, 6.07) is 12.2. The van der Waals surface area contributed by atoms with Gasteiger partial charge in [-0.05, 0) is 47.7 Å². The standard InChI is InChI=1S/C23H32FN3O3S.HI/c1-4-12-30-16-19-9-7-6-8-18(19)14-26-23(25-5-2)27-15-21-13-22(24)11-10-20(21)17-31(3,28)29;/h6-11,13H,4-5,12,14-17H2,1-3H3,(H2,25,26,27);1H. The topological polar surface area (TPSA) is 79.8 Å². The number of halogens is 2. The lowest BCUT2D eigenvalue weighted by atomic mass is 10.1. The molecular formula is C23H33FIN3O3S. The summed E-state index contributed by atoms with van der Waals surface area (Å²) in [5, 5.41) is 6.46. The van der Waals surface area contributed by atoms with E-state index in [0.29, 0.717) is 36.8 Å². The molecule has 2 rings (SSSR count). The maximum Gasteiger partial charge on any atom is 0.191 e. The van der Waals surface area contributed by atoms with E-state index >= 15 is 0 Å². The molecule has 0 fully saturated rings. The van der Waals surface area contributed by atoms with Crippen LogP contribution in [0.15, 0.2) is 47.5 Å². The Balaban J connectivity index is 0.00000512. The van der Waals surface area contributed by atoms with Crippen LogP contribution in [0.3, 0.4) is 0 Å². The average molecular weight is 578 g/mol. The molecule has 2 aromatic rings. The number of nitrogens with zero attached hydrogens (tertiary/aromatic N) is 1. The van der Waals surface area contributed by atoms with Crippen LogP contribution in [0.25, 0.3) is 0 Å². The Morgan fingerprint density at radius 2 is 1.75 bits per heavy atom. The molecule has 6 nitrogen and oxygen atoms in total. The summed E-state index contributed by atoms with van der Waals surface area (Å²) >= 11 is 0. The fraction of sp³-hybridized carbons (Fsp3) is 0.435. The maximum absolute atomic E-state index is 13.8. The smallest absolute Gasteiger partial charge is 0.191 e. The monoisotopic (exact) mass is 577 g/mol. The highest BCUT2D eigenvalue weighted by Crippen LogP contribution is 2.16. The number of sulfone groups is 1. The largest absolute Gasteiger partial charge is 0.377 e. The van der Waals surface area contributed by atoms with Crippen LogP contribution in [0.4, 0.5) is 4.39 Å². The summed E-state index contributed by atoms with van der Waals surface area (Å²) < 4.78 is 42.8. The molecule has 0 aliphatic heterocycles. The minimum Gasteiger partial charge on any atom is -0.377 e. The molecule has 0 aliphatic rings. The van der Waals surface area contributed by atoms with Gasteiger partial charge in [-0.3, -0.25) is 0 Å². The second kappa shape index (κ2) is 14.4. The minimum absolute atomic E-state index is 0. The normalized spacial score (nSPS) is 11.7. The molecule has 0 amide bonds. The van der Waals surface area contributed by atoms with Gasteiger partial charge in [-0.2, -0.15) is 0 Å². The van der Waals surface area contributed by atoms with Gasteiger partial charge in [-0.25, -0.2) is 17.8 Å². The molecule has 0 aliphatic carbocycles. The first kappa shape index (κ1) is 28.3. The molecule has 0 atom stereocenters. The fourth-order valence-corrected chi connectivity index (χ4v) is 3.89. The SMILES string of the molecule is CCCOCc1ccccc1CNC(=NCc1cc(F)ccc1CS(C)(=O)=O)NCC.I. The number of nitrogens with one attached hydrogen (secondary N) is 2. The van der Waals surface area contributed by atoms with Crippen molar-refractivity contribution in [3.63, 3.8) is 0 Å². The van der Waals surface area contributed by atoms with Crippen molar-refractivity contribution in [1.82, 2.24) is 10.6 Å². The molecule has 2 N–H and O–H groups in total. The van der Waals surface area contributed by atoms with Gasteiger partial charge in [0.25, 0.3) is 0 Å². The number of rotatable bonds is 11. The number of ether oxygens (including phenoxy) is 1. The van der Waals surface area contributed by atoms with Gasteiger partial charge in [0.2, 0.25) is 0 Å². The van der Waals surface area contributed by atoms with Gasteiger partial charge in [0.05, 0.1) is 18.9 Å². The van der Waals surface area contributed by atoms with Crippen molar-refractivity contribution < 1.29 is 17.5 Å². The summed E-state index contributed by atoms with van der Waals surface area (Å²) in [6.45, 7) is 6.68. The van der Waals surface area contributed by atoms with Gasteiger partial charge in [0.15, 0.2) is 15.8 Å². The third-order valence-corrected chi connectivity index (χ3v) is 5.34. The third-order valence-electron chi connectivity index (χ3n) is 4.51. The maximum atomic E-state index is 13.8. The summed E-state index contributed by atoms with van der Waals surface area (Å²) in [7, 11) is -3.24. The van der Waals surface area contributed by atoms with E-state index < -0.39 is 15.7 Å². The van der Waals surface area contributed by atoms with Crippen molar-refractivity contribution in [3.8, 4) is 0 Å². The van der Waals surface area contributed by atoms with Crippen LogP contribution in [0.5, 0.6) is 0 Å². The van der Waals surface area contributed by atoms with Crippen LogP contribution < -0.4 is 10.6 Å². The molecule has 9 heteroatoms. The number of guanidine groups is 1. The van der Waals surface area contributed by atoms with E-state index in [4.69, 9.17) is 4.74 Å². The summed E-state index contributed by atoms with van der Waals surface area (Å²) in [5.41, 5.74) is 3.32. The van der Waals surface area contributed by atoms with Gasteiger partial charge >= 0.3 is 0 Å². The average Bonchev–Trinajstić information content (AvgIpc) is 2.72. The second-order valence-corrected chi connectivity index (χ2v) is 9.49. The zero-order valence-corrected chi connectivity index (χ0v) is 22.0. The Labute approximate surface area is 208 Å². The first-order valence-electron chi connectivity index (χ1n) is 10.4. The molecule has 32 heavy (non-hydrogen) atoms. The van der Waals surface area contributed by atoms with E-state index in [9.17, 15) is 12.8 Å². The van der Waals surface area contributed by atoms with Crippen LogP contribution >= 0.6 is 24.0 Å². The quantitative estimate of drug-likeness (QED) is 0.182. The zero-order chi connectivity index (χ0) is 22.7. The lowest BCUT2D eigenvalue weighted by Crippen LogP contribution is -2.37. The zero-order valence-electron chi connectivity index (χ0n) is 18.9. The predicted octanol–water partition coefficient (Wildman–Crippen LogP) is 4.17. The summed E-state index contributed by atoms with van der Waals surface area (Å²) in [5.74, 6) is 0.00974. The van der Waals surface area contributed by atoms with Crippen LogP contribution in [0, 0.1) is 5.82 Å². The molecule has 0 radical (unpaired) electrons. The lowest BCUT2D eigenvalue weighted by Gasteiger charge is -2.15. The highest BCUT2D eigenvalue weighted by molar-refractivity contribution is 14.0. The Hall–Kier alpha value is -1.72. The summed E-state index contributed by atoms with van der Waals surface area (Å²) in [4.78, 5) is 4.54. The Kier molecular flexibility index (Phi) is 12.8. The molecule has 0 unspecified atom stereocenters. The van der Waals surface area contributed by atoms with Crippen molar-refractivity contribution in [1.29, 1.82) is 0 Å². The van der Waals surface area contributed by atoms with Crippen molar-refractivity contribution in [2.75, 3.05) is 19.4 Å². The first-order chi connectivity index (χ1) is 14.8. The second-order valence-electron chi connectivity index (χ2n) is 7.35. The van der Waals surface area contributed by atoms with Gasteiger partial charge in [-0.15, -0.1) is 24.0 Å². The third kappa shape index (κ3) is 10.3. The van der Waals surface area contributed by atoms with Gasteiger partial charge < -0.3 is 15.4 Å². The van der Waals surface area contributed by atoms with Gasteiger partial charge in [0.1, 0.15) is 5.82 Å². The Morgan fingerprint density at radius 3 is 2.41 bits per heavy atom. The van der Waals surface area contributed by atoms with Crippen LogP contribution in [0.2, 0.25) is 0 Å². The minimum atomic E-state index is -3.24. The molecule has 178 valence electrons. The van der Waals surface area contributed by atoms with E-state index in [2.05, 4.69) is 22.5 Å². The van der Waals surface area contributed by atoms with E-state index in [1.807, 2.05) is 31.2 Å². The number of aliphatic imine (C=N–C) groups is 1. The van der Waals surface area contributed by atoms with Crippen molar-refractivity contribution in [3.05, 3.63) is 70.5 Å². The molecule has 0 aromatic heterocycles. The van der Waals surface area contributed by atoms with Crippen molar-refractivity contribution in [2.24, 2.45) is 4.99 Å². The van der Waals surface area contributed by atoms with E-state index in [1.165, 1.54) is 18.2 Å². The Bertz CT molecular complexity index is 984. The predicted molar refractivity (Wildman–Crippen MR) is 138 cm³/mol. The highest BCUT2D eigenvalue weighted by Gasteiger charge is 2.11. The molecule has 0 spiro atoms. The van der Waals surface area contributed by atoms with Gasteiger partial charge in [-0.1, -0.05) is 37.3 Å². The van der Waals surface area contributed by atoms with Crippen LogP contribution in [-0.2, 0) is 40.0 Å². The summed E-state index contributed by atoms with van der Waals surface area (Å²) in [6.07, 6.45) is 2.13. The molecular weight excluding hydrogens is 544 g/mol. The first-order valence-corrected chi connectivity index (χ1v) is 12.5. The van der Waals surface area contributed by atoms with Crippen LogP contribution in [0.1, 0.15) is 42.5 Å². The molecule has 0 saturated carbocycles. The molecule has 0 saturated heterocycles. The van der Waals surface area contributed by atoms with E-state index in [0.717, 1.165) is 30.4 Å².